The van der Waals surface area contributed by atoms with Crippen molar-refractivity contribution < 1.29 is 29.4 Å². The van der Waals surface area contributed by atoms with Crippen LogP contribution in [0.3, 0.4) is 0 Å². The number of carbonyl (C=O) groups excluding carboxylic acids is 1. The van der Waals surface area contributed by atoms with Crippen LogP contribution in [0.1, 0.15) is 13.8 Å². The molecule has 1 saturated heterocycles. The highest BCUT2D eigenvalue weighted by Crippen LogP contribution is 2.01. The zero-order valence-corrected chi connectivity index (χ0v) is 17.5. The SMILES string of the molecule is CCONC(=O)CN1CCN(CC)CCN(CC(=O)O)CCN(CC(=O)O)CC1. The van der Waals surface area contributed by atoms with E-state index < -0.39 is 11.9 Å². The molecule has 0 saturated carbocycles. The van der Waals surface area contributed by atoms with Crippen molar-refractivity contribution in [1.29, 1.82) is 0 Å². The summed E-state index contributed by atoms with van der Waals surface area (Å²) in [6, 6.07) is 0. The Balaban J connectivity index is 2.81. The van der Waals surface area contributed by atoms with Gasteiger partial charge in [0, 0.05) is 52.4 Å². The van der Waals surface area contributed by atoms with Crippen LogP contribution in [0.5, 0.6) is 0 Å². The molecule has 0 spiro atoms. The van der Waals surface area contributed by atoms with Crippen LogP contribution < -0.4 is 5.48 Å². The van der Waals surface area contributed by atoms with E-state index in [1.807, 2.05) is 16.7 Å². The molecule has 1 amide bonds. The van der Waals surface area contributed by atoms with Crippen LogP contribution in [-0.4, -0.2) is 133 Å². The van der Waals surface area contributed by atoms with Crippen molar-refractivity contribution in [2.75, 3.05) is 85.1 Å². The topological polar surface area (TPSA) is 126 Å². The van der Waals surface area contributed by atoms with Crippen LogP contribution >= 0.6 is 0 Å². The van der Waals surface area contributed by atoms with Crippen LogP contribution in [-0.2, 0) is 19.2 Å². The van der Waals surface area contributed by atoms with Crippen LogP contribution in [0.2, 0.25) is 0 Å². The van der Waals surface area contributed by atoms with Gasteiger partial charge in [0.05, 0.1) is 26.2 Å². The van der Waals surface area contributed by atoms with E-state index in [4.69, 9.17) is 9.94 Å². The lowest BCUT2D eigenvalue weighted by molar-refractivity contribution is -0.140. The molecule has 0 radical (unpaired) electrons. The number of nitrogens with one attached hydrogen (secondary N) is 1. The quantitative estimate of drug-likeness (QED) is 0.380. The number of rotatable bonds is 9. The van der Waals surface area contributed by atoms with E-state index in [0.29, 0.717) is 52.4 Å². The molecule has 0 aromatic carbocycles. The van der Waals surface area contributed by atoms with Crippen molar-refractivity contribution in [2.24, 2.45) is 0 Å². The third-order valence-electron chi connectivity index (χ3n) is 4.79. The van der Waals surface area contributed by atoms with Gasteiger partial charge in [-0.3, -0.25) is 33.9 Å². The van der Waals surface area contributed by atoms with Crippen molar-refractivity contribution in [3.8, 4) is 0 Å². The van der Waals surface area contributed by atoms with Gasteiger partial charge in [-0.1, -0.05) is 6.92 Å². The van der Waals surface area contributed by atoms with Crippen molar-refractivity contribution in [1.82, 2.24) is 25.1 Å². The Morgan fingerprint density at radius 1 is 0.724 bits per heavy atom. The summed E-state index contributed by atoms with van der Waals surface area (Å²) in [6.45, 7) is 9.63. The highest BCUT2D eigenvalue weighted by atomic mass is 16.6. The summed E-state index contributed by atoms with van der Waals surface area (Å²) >= 11 is 0. The van der Waals surface area contributed by atoms with Crippen LogP contribution in [0.4, 0.5) is 0 Å². The third kappa shape index (κ3) is 11.7. The van der Waals surface area contributed by atoms with Gasteiger partial charge in [0.2, 0.25) is 0 Å². The fourth-order valence-corrected chi connectivity index (χ4v) is 3.14. The number of carboxylic acid groups (broad SMARTS) is 2. The first-order valence-electron chi connectivity index (χ1n) is 10.1. The first-order valence-corrected chi connectivity index (χ1v) is 10.1. The number of hydrogen-bond donors (Lipinski definition) is 3. The molecule has 1 rings (SSSR count). The predicted octanol–water partition coefficient (Wildman–Crippen LogP) is -1.54. The standard InChI is InChI=1S/C18H35N5O6/c1-3-20-5-7-21(13-16(24)19-29-4-2)9-10-23(15-18(27)28)12-11-22(8-6-20)14-17(25)26/h3-15H2,1-2H3,(H,19,24)(H,25,26)(H,27,28). The molecule has 1 aliphatic rings. The molecule has 11 nitrogen and oxygen atoms in total. The van der Waals surface area contributed by atoms with Gasteiger partial charge in [-0.05, 0) is 13.5 Å². The highest BCUT2D eigenvalue weighted by Gasteiger charge is 2.19. The Morgan fingerprint density at radius 2 is 1.10 bits per heavy atom. The molecule has 0 aromatic heterocycles. The van der Waals surface area contributed by atoms with Crippen molar-refractivity contribution in [3.05, 3.63) is 0 Å². The summed E-state index contributed by atoms with van der Waals surface area (Å²) in [4.78, 5) is 47.2. The highest BCUT2D eigenvalue weighted by molar-refractivity contribution is 5.76. The maximum absolute atomic E-state index is 12.0. The fourth-order valence-electron chi connectivity index (χ4n) is 3.14. The van der Waals surface area contributed by atoms with Gasteiger partial charge in [-0.2, -0.15) is 0 Å². The molecule has 0 atom stereocenters. The first-order chi connectivity index (χ1) is 13.8. The number of carboxylic acids is 2. The molecule has 1 aliphatic heterocycles. The third-order valence-corrected chi connectivity index (χ3v) is 4.79. The molecular formula is C18H35N5O6. The van der Waals surface area contributed by atoms with Crippen molar-refractivity contribution >= 4 is 17.8 Å². The molecule has 168 valence electrons. The normalized spacial score (nSPS) is 19.2. The number of amides is 1. The van der Waals surface area contributed by atoms with Gasteiger partial charge < -0.3 is 15.1 Å². The second-order valence-corrected chi connectivity index (χ2v) is 7.01. The van der Waals surface area contributed by atoms with Crippen LogP contribution in [0.25, 0.3) is 0 Å². The van der Waals surface area contributed by atoms with Gasteiger partial charge in [0.15, 0.2) is 0 Å². The van der Waals surface area contributed by atoms with E-state index in [0.717, 1.165) is 13.1 Å². The summed E-state index contributed by atoms with van der Waals surface area (Å²) in [5.41, 5.74) is 2.39. The van der Waals surface area contributed by atoms with E-state index >= 15 is 0 Å². The van der Waals surface area contributed by atoms with E-state index in [9.17, 15) is 19.5 Å². The van der Waals surface area contributed by atoms with Gasteiger partial charge >= 0.3 is 11.9 Å². The molecule has 11 heteroatoms. The molecule has 29 heavy (non-hydrogen) atoms. The van der Waals surface area contributed by atoms with E-state index in [2.05, 4.69) is 10.4 Å². The Morgan fingerprint density at radius 3 is 1.45 bits per heavy atom. The van der Waals surface area contributed by atoms with Gasteiger partial charge in [-0.25, -0.2) is 5.48 Å². The van der Waals surface area contributed by atoms with Crippen molar-refractivity contribution in [3.63, 3.8) is 0 Å². The molecule has 1 heterocycles. The smallest absolute Gasteiger partial charge is 0.317 e. The summed E-state index contributed by atoms with van der Waals surface area (Å²) in [6.07, 6.45) is 0. The van der Waals surface area contributed by atoms with Gasteiger partial charge in [-0.15, -0.1) is 0 Å². The zero-order valence-electron chi connectivity index (χ0n) is 17.5. The minimum absolute atomic E-state index is 0.0673. The molecule has 1 fully saturated rings. The zero-order chi connectivity index (χ0) is 21.6. The molecule has 3 N–H and O–H groups in total. The average molecular weight is 418 g/mol. The number of aliphatic carboxylic acids is 2. The minimum atomic E-state index is -0.931. The molecule has 0 unspecified atom stereocenters. The van der Waals surface area contributed by atoms with Gasteiger partial charge in [0.25, 0.3) is 5.91 Å². The Kier molecular flexibility index (Phi) is 12.4. The average Bonchev–Trinajstić information content (AvgIpc) is 2.65. The van der Waals surface area contributed by atoms with E-state index in [1.54, 1.807) is 11.8 Å². The Labute approximate surface area is 172 Å². The summed E-state index contributed by atoms with van der Waals surface area (Å²) in [5, 5.41) is 18.3. The first kappa shape index (κ1) is 25.2. The lowest BCUT2D eigenvalue weighted by Crippen LogP contribution is -2.49. The second kappa shape index (κ2) is 14.2. The molecule has 0 aromatic rings. The summed E-state index contributed by atoms with van der Waals surface area (Å²) < 4.78 is 0. The van der Waals surface area contributed by atoms with E-state index in [-0.39, 0.29) is 25.5 Å². The number of hydrogen-bond acceptors (Lipinski definition) is 8. The molecular weight excluding hydrogens is 382 g/mol. The minimum Gasteiger partial charge on any atom is -0.480 e. The van der Waals surface area contributed by atoms with Gasteiger partial charge in [0.1, 0.15) is 0 Å². The fraction of sp³-hybridized carbons (Fsp3) is 0.833. The number of hydroxylamine groups is 1. The largest absolute Gasteiger partial charge is 0.480 e. The lowest BCUT2D eigenvalue weighted by Gasteiger charge is -2.32. The molecule has 0 bridgehead atoms. The van der Waals surface area contributed by atoms with E-state index in [1.165, 1.54) is 0 Å². The maximum Gasteiger partial charge on any atom is 0.317 e. The Bertz CT molecular complexity index is 521. The lowest BCUT2D eigenvalue weighted by atomic mass is 10.3. The maximum atomic E-state index is 12.0. The summed E-state index contributed by atoms with van der Waals surface area (Å²) in [5.74, 6) is -2.06. The predicted molar refractivity (Wildman–Crippen MR) is 106 cm³/mol. The monoisotopic (exact) mass is 417 g/mol. The van der Waals surface area contributed by atoms with Crippen LogP contribution in [0.15, 0.2) is 0 Å². The molecule has 0 aliphatic carbocycles. The van der Waals surface area contributed by atoms with Crippen molar-refractivity contribution in [2.45, 2.75) is 13.8 Å². The number of nitrogens with zero attached hydrogens (tertiary/aromatic N) is 4. The summed E-state index contributed by atoms with van der Waals surface area (Å²) in [7, 11) is 0. The number of likely N-dealkylation sites (N-methyl/N-ethyl adjacent to an activating group) is 1. The second-order valence-electron chi connectivity index (χ2n) is 7.01. The van der Waals surface area contributed by atoms with Crippen LogP contribution in [0, 0.1) is 0 Å². The Hall–Kier alpha value is -1.79. The number of carbonyl (C=O) groups is 3.